The summed E-state index contributed by atoms with van der Waals surface area (Å²) < 4.78 is 13.3. The minimum Gasteiger partial charge on any atom is -0.449 e. The Balaban J connectivity index is 2.19. The van der Waals surface area contributed by atoms with E-state index in [1.165, 1.54) is 4.90 Å². The molecule has 176 valence electrons. The van der Waals surface area contributed by atoms with Crippen molar-refractivity contribution in [3.8, 4) is 0 Å². The van der Waals surface area contributed by atoms with Gasteiger partial charge in [-0.05, 0) is 19.3 Å². The second kappa shape index (κ2) is 12.0. The first-order valence-electron chi connectivity index (χ1n) is 11.0. The summed E-state index contributed by atoms with van der Waals surface area (Å²) in [4.78, 5) is 28.4. The van der Waals surface area contributed by atoms with Crippen molar-refractivity contribution in [2.24, 2.45) is 11.8 Å². The molecular formula is C21H37N5O5. The Morgan fingerprint density at radius 3 is 2.84 bits per heavy atom. The quantitative estimate of drug-likeness (QED) is 0.716. The number of fused-ring (bicyclic) bond motifs is 1. The standard InChI is InChI=1S/C21H37N5O5/c1-15(2)13-31-21(29)24(5)11-19-16(3)10-25(17(4)12-27)20(28)7-6-8-26-18(14-30-19)9-22-23-26/h9,15-17,19,27H,6-8,10-14H2,1-5H3/t16-,17+,19+/m1/s1. The Morgan fingerprint density at radius 2 is 2.16 bits per heavy atom. The number of ether oxygens (including phenoxy) is 2. The van der Waals surface area contributed by atoms with Gasteiger partial charge in [0.15, 0.2) is 0 Å². The van der Waals surface area contributed by atoms with Crippen molar-refractivity contribution in [1.29, 1.82) is 0 Å². The van der Waals surface area contributed by atoms with Gasteiger partial charge in [0.1, 0.15) is 0 Å². The molecule has 2 amide bonds. The average molecular weight is 440 g/mol. The monoisotopic (exact) mass is 439 g/mol. The lowest BCUT2D eigenvalue weighted by atomic mass is 10.0. The first-order valence-corrected chi connectivity index (χ1v) is 11.0. The fourth-order valence-corrected chi connectivity index (χ4v) is 3.44. The average Bonchev–Trinajstić information content (AvgIpc) is 3.18. The van der Waals surface area contributed by atoms with Gasteiger partial charge in [0.2, 0.25) is 5.91 Å². The largest absolute Gasteiger partial charge is 0.449 e. The van der Waals surface area contributed by atoms with Crippen LogP contribution in [0.2, 0.25) is 0 Å². The molecule has 10 heteroatoms. The van der Waals surface area contributed by atoms with Crippen LogP contribution in [0.5, 0.6) is 0 Å². The van der Waals surface area contributed by atoms with Gasteiger partial charge in [-0.3, -0.25) is 4.79 Å². The number of rotatable bonds is 6. The van der Waals surface area contributed by atoms with Gasteiger partial charge in [-0.15, -0.1) is 5.10 Å². The Labute approximate surface area is 184 Å². The van der Waals surface area contributed by atoms with Crippen molar-refractivity contribution in [2.45, 2.75) is 65.8 Å². The molecule has 1 aliphatic heterocycles. The van der Waals surface area contributed by atoms with Gasteiger partial charge in [-0.25, -0.2) is 9.48 Å². The molecule has 0 fully saturated rings. The highest BCUT2D eigenvalue weighted by atomic mass is 16.6. The summed E-state index contributed by atoms with van der Waals surface area (Å²) in [6.45, 7) is 9.64. The van der Waals surface area contributed by atoms with Crippen LogP contribution in [-0.4, -0.2) is 87.4 Å². The molecule has 0 saturated carbocycles. The lowest BCUT2D eigenvalue weighted by Crippen LogP contribution is -2.48. The number of hydrogen-bond acceptors (Lipinski definition) is 7. The van der Waals surface area contributed by atoms with Crippen molar-refractivity contribution in [3.05, 3.63) is 11.9 Å². The number of hydrogen-bond donors (Lipinski definition) is 1. The SMILES string of the molecule is CC(C)COC(=O)N(C)C[C@@H]1OCc2cnnn2CCCC(=O)N([C@@H](C)CO)C[C@H]1C. The summed E-state index contributed by atoms with van der Waals surface area (Å²) in [6, 6.07) is -0.297. The highest BCUT2D eigenvalue weighted by molar-refractivity contribution is 5.76. The van der Waals surface area contributed by atoms with E-state index >= 15 is 0 Å². The highest BCUT2D eigenvalue weighted by Crippen LogP contribution is 2.18. The minimum atomic E-state index is -0.404. The fourth-order valence-electron chi connectivity index (χ4n) is 3.44. The van der Waals surface area contributed by atoms with Crippen molar-refractivity contribution < 1.29 is 24.2 Å². The highest BCUT2D eigenvalue weighted by Gasteiger charge is 2.29. The second-order valence-corrected chi connectivity index (χ2v) is 8.81. The third kappa shape index (κ3) is 7.46. The summed E-state index contributed by atoms with van der Waals surface area (Å²) in [5, 5.41) is 17.7. The number of aliphatic hydroxyl groups excluding tert-OH is 1. The van der Waals surface area contributed by atoms with E-state index in [9.17, 15) is 14.7 Å². The number of aromatic nitrogens is 3. The van der Waals surface area contributed by atoms with Crippen LogP contribution in [0, 0.1) is 11.8 Å². The Bertz CT molecular complexity index is 710. The first kappa shape index (κ1) is 25.1. The maximum Gasteiger partial charge on any atom is 0.409 e. The molecule has 1 aromatic rings. The van der Waals surface area contributed by atoms with E-state index in [-0.39, 0.29) is 36.5 Å². The summed E-state index contributed by atoms with van der Waals surface area (Å²) in [7, 11) is 1.68. The lowest BCUT2D eigenvalue weighted by molar-refractivity contribution is -0.136. The molecule has 3 atom stereocenters. The van der Waals surface area contributed by atoms with Gasteiger partial charge in [0.25, 0.3) is 0 Å². The molecule has 0 bridgehead atoms. The Morgan fingerprint density at radius 1 is 1.42 bits per heavy atom. The minimum absolute atomic E-state index is 0.0147. The van der Waals surface area contributed by atoms with Gasteiger partial charge in [-0.2, -0.15) is 0 Å². The summed E-state index contributed by atoms with van der Waals surface area (Å²) in [5.41, 5.74) is 0.829. The normalized spacial score (nSPS) is 21.8. The van der Waals surface area contributed by atoms with Crippen LogP contribution < -0.4 is 0 Å². The Kier molecular flexibility index (Phi) is 9.70. The van der Waals surface area contributed by atoms with E-state index in [1.54, 1.807) is 22.8 Å². The number of aryl methyl sites for hydroxylation is 1. The summed E-state index contributed by atoms with van der Waals surface area (Å²) in [6.07, 6.45) is 1.91. The topological polar surface area (TPSA) is 110 Å². The number of carbonyl (C=O) groups is 2. The molecule has 0 aromatic carbocycles. The van der Waals surface area contributed by atoms with Gasteiger partial charge >= 0.3 is 6.09 Å². The molecule has 2 heterocycles. The van der Waals surface area contributed by atoms with E-state index in [4.69, 9.17) is 9.47 Å². The van der Waals surface area contributed by atoms with Crippen molar-refractivity contribution in [3.63, 3.8) is 0 Å². The maximum atomic E-state index is 12.9. The number of likely N-dealkylation sites (N-methyl/N-ethyl adjacent to an activating group) is 1. The molecule has 2 rings (SSSR count). The molecule has 1 N–H and O–H groups in total. The third-order valence-electron chi connectivity index (χ3n) is 5.45. The van der Waals surface area contributed by atoms with Crippen LogP contribution in [0.4, 0.5) is 4.79 Å². The zero-order chi connectivity index (χ0) is 23.0. The third-order valence-corrected chi connectivity index (χ3v) is 5.45. The van der Waals surface area contributed by atoms with E-state index < -0.39 is 6.09 Å². The van der Waals surface area contributed by atoms with Crippen molar-refractivity contribution in [2.75, 3.05) is 33.4 Å². The molecule has 0 radical (unpaired) electrons. The smallest absolute Gasteiger partial charge is 0.409 e. The number of amides is 2. The molecule has 0 spiro atoms. The van der Waals surface area contributed by atoms with Gasteiger partial charge in [0.05, 0.1) is 50.4 Å². The molecule has 31 heavy (non-hydrogen) atoms. The van der Waals surface area contributed by atoms with Crippen molar-refractivity contribution in [1.82, 2.24) is 24.8 Å². The van der Waals surface area contributed by atoms with E-state index in [1.807, 2.05) is 27.7 Å². The zero-order valence-electron chi connectivity index (χ0n) is 19.4. The predicted molar refractivity (Wildman–Crippen MR) is 114 cm³/mol. The van der Waals surface area contributed by atoms with Crippen molar-refractivity contribution >= 4 is 12.0 Å². The molecular weight excluding hydrogens is 402 g/mol. The van der Waals surface area contributed by atoms with E-state index in [0.717, 1.165) is 5.69 Å². The zero-order valence-corrected chi connectivity index (χ0v) is 19.4. The van der Waals surface area contributed by atoms with Gasteiger partial charge < -0.3 is 24.4 Å². The maximum absolute atomic E-state index is 12.9. The second-order valence-electron chi connectivity index (χ2n) is 8.81. The van der Waals surface area contributed by atoms with Crippen LogP contribution >= 0.6 is 0 Å². The van der Waals surface area contributed by atoms with Gasteiger partial charge in [-0.1, -0.05) is 26.0 Å². The molecule has 1 aromatic heterocycles. The summed E-state index contributed by atoms with van der Waals surface area (Å²) in [5.74, 6) is 0.155. The number of carbonyl (C=O) groups excluding carboxylic acids is 2. The fraction of sp³-hybridized carbons (Fsp3) is 0.810. The molecule has 1 aliphatic rings. The van der Waals surface area contributed by atoms with Crippen LogP contribution in [0.15, 0.2) is 6.20 Å². The number of nitrogens with zero attached hydrogens (tertiary/aromatic N) is 5. The van der Waals surface area contributed by atoms with Crippen LogP contribution in [0.1, 0.15) is 46.2 Å². The Hall–Kier alpha value is -2.20. The molecule has 0 saturated heterocycles. The predicted octanol–water partition coefficient (Wildman–Crippen LogP) is 1.53. The van der Waals surface area contributed by atoms with E-state index in [0.29, 0.717) is 45.7 Å². The van der Waals surface area contributed by atoms with Crippen LogP contribution in [0.3, 0.4) is 0 Å². The molecule has 0 unspecified atom stereocenters. The van der Waals surface area contributed by atoms with Crippen LogP contribution in [-0.2, 0) is 27.4 Å². The molecule has 10 nitrogen and oxygen atoms in total. The van der Waals surface area contributed by atoms with Crippen LogP contribution in [0.25, 0.3) is 0 Å². The van der Waals surface area contributed by atoms with Gasteiger partial charge in [0, 0.05) is 32.5 Å². The van der Waals surface area contributed by atoms with E-state index in [2.05, 4.69) is 10.3 Å². The number of aliphatic hydroxyl groups is 1. The summed E-state index contributed by atoms with van der Waals surface area (Å²) >= 11 is 0. The lowest BCUT2D eigenvalue weighted by Gasteiger charge is -2.35. The molecule has 0 aliphatic carbocycles. The first-order chi connectivity index (χ1) is 14.7.